The highest BCUT2D eigenvalue weighted by atomic mass is 32.2. The van der Waals surface area contributed by atoms with Crippen LogP contribution in [0.4, 0.5) is 0 Å². The van der Waals surface area contributed by atoms with E-state index in [-0.39, 0.29) is 11.3 Å². The van der Waals surface area contributed by atoms with E-state index in [1.54, 1.807) is 29.8 Å². The predicted molar refractivity (Wildman–Crippen MR) is 85.2 cm³/mol. The maximum absolute atomic E-state index is 12.0. The maximum atomic E-state index is 12.0. The van der Waals surface area contributed by atoms with Crippen LogP contribution in [0.1, 0.15) is 22.7 Å². The standard InChI is InChI=1S/C15H17NO3S2/c1-11-4-5-13(19-11)15-16(14(17)10-21-15)6-8-20-9-12-3-2-7-18-12/h2-5,7,15H,6,8-10H2,1H3. The third-order valence-electron chi connectivity index (χ3n) is 3.27. The smallest absolute Gasteiger partial charge is 0.233 e. The Balaban J connectivity index is 1.53. The molecule has 2 aromatic rings. The molecule has 0 aromatic carbocycles. The van der Waals surface area contributed by atoms with Crippen LogP contribution in [0.15, 0.2) is 39.4 Å². The van der Waals surface area contributed by atoms with Crippen molar-refractivity contribution in [2.45, 2.75) is 18.1 Å². The minimum Gasteiger partial charge on any atom is -0.468 e. The van der Waals surface area contributed by atoms with Crippen LogP contribution in [0.5, 0.6) is 0 Å². The van der Waals surface area contributed by atoms with Crippen LogP contribution in [0.2, 0.25) is 0 Å². The van der Waals surface area contributed by atoms with E-state index >= 15 is 0 Å². The van der Waals surface area contributed by atoms with Gasteiger partial charge in [0.05, 0.1) is 17.8 Å². The molecular formula is C15H17NO3S2. The summed E-state index contributed by atoms with van der Waals surface area (Å²) >= 11 is 3.41. The first kappa shape index (κ1) is 14.7. The van der Waals surface area contributed by atoms with Crippen LogP contribution in [-0.2, 0) is 10.5 Å². The third kappa shape index (κ3) is 3.49. The number of furan rings is 2. The minimum absolute atomic E-state index is 0.0235. The molecule has 21 heavy (non-hydrogen) atoms. The van der Waals surface area contributed by atoms with Crippen LogP contribution in [0.25, 0.3) is 0 Å². The van der Waals surface area contributed by atoms with Crippen molar-refractivity contribution in [3.05, 3.63) is 47.8 Å². The van der Waals surface area contributed by atoms with Gasteiger partial charge in [-0.1, -0.05) is 0 Å². The zero-order valence-electron chi connectivity index (χ0n) is 11.8. The number of carbonyl (C=O) groups is 1. The first-order valence-electron chi connectivity index (χ1n) is 6.81. The quantitative estimate of drug-likeness (QED) is 0.759. The molecule has 1 aliphatic heterocycles. The van der Waals surface area contributed by atoms with Gasteiger partial charge in [0, 0.05) is 12.3 Å². The second-order valence-corrected chi connectivity index (χ2v) is 7.00. The highest BCUT2D eigenvalue weighted by molar-refractivity contribution is 8.00. The molecule has 0 radical (unpaired) electrons. The first-order valence-corrected chi connectivity index (χ1v) is 9.02. The van der Waals surface area contributed by atoms with Gasteiger partial charge in [0.2, 0.25) is 5.91 Å². The highest BCUT2D eigenvalue weighted by Gasteiger charge is 2.34. The summed E-state index contributed by atoms with van der Waals surface area (Å²) in [7, 11) is 0. The van der Waals surface area contributed by atoms with Crippen LogP contribution < -0.4 is 0 Å². The molecule has 4 nitrogen and oxygen atoms in total. The number of carbonyl (C=O) groups excluding carboxylic acids is 1. The fourth-order valence-corrected chi connectivity index (χ4v) is 4.24. The van der Waals surface area contributed by atoms with E-state index < -0.39 is 0 Å². The van der Waals surface area contributed by atoms with Crippen LogP contribution in [-0.4, -0.2) is 28.9 Å². The summed E-state index contributed by atoms with van der Waals surface area (Å²) in [5, 5.41) is 0.0235. The van der Waals surface area contributed by atoms with Gasteiger partial charge < -0.3 is 13.7 Å². The minimum atomic E-state index is 0.0235. The third-order valence-corrected chi connectivity index (χ3v) is 5.45. The molecule has 1 fully saturated rings. The number of amides is 1. The van der Waals surface area contributed by atoms with Gasteiger partial charge in [-0.15, -0.1) is 11.8 Å². The molecular weight excluding hydrogens is 306 g/mol. The van der Waals surface area contributed by atoms with Crippen molar-refractivity contribution in [2.24, 2.45) is 0 Å². The van der Waals surface area contributed by atoms with Crippen LogP contribution in [0, 0.1) is 6.92 Å². The Morgan fingerprint density at radius 3 is 3.05 bits per heavy atom. The normalized spacial score (nSPS) is 18.6. The molecule has 1 amide bonds. The first-order chi connectivity index (χ1) is 10.2. The Hall–Kier alpha value is -1.27. The molecule has 0 saturated carbocycles. The molecule has 0 N–H and O–H groups in total. The number of hydrogen-bond acceptors (Lipinski definition) is 5. The van der Waals surface area contributed by atoms with Crippen LogP contribution >= 0.6 is 23.5 Å². The van der Waals surface area contributed by atoms with Crippen molar-refractivity contribution in [1.29, 1.82) is 0 Å². The van der Waals surface area contributed by atoms with E-state index in [1.165, 1.54) is 0 Å². The average Bonchev–Trinajstić information content (AvgIpc) is 3.17. The number of hydrogen-bond donors (Lipinski definition) is 0. The lowest BCUT2D eigenvalue weighted by atomic mass is 10.4. The van der Waals surface area contributed by atoms with E-state index in [0.29, 0.717) is 5.75 Å². The predicted octanol–water partition coefficient (Wildman–Crippen LogP) is 3.69. The SMILES string of the molecule is Cc1ccc(C2SCC(=O)N2CCSCc2ccco2)o1. The summed E-state index contributed by atoms with van der Waals surface area (Å²) in [4.78, 5) is 13.9. The van der Waals surface area contributed by atoms with Crippen molar-refractivity contribution < 1.29 is 13.6 Å². The second kappa shape index (κ2) is 6.66. The van der Waals surface area contributed by atoms with Crippen molar-refractivity contribution in [2.75, 3.05) is 18.1 Å². The molecule has 1 unspecified atom stereocenters. The number of aryl methyl sites for hydroxylation is 1. The van der Waals surface area contributed by atoms with Crippen molar-refractivity contribution >= 4 is 29.4 Å². The zero-order valence-corrected chi connectivity index (χ0v) is 13.4. The molecule has 6 heteroatoms. The lowest BCUT2D eigenvalue weighted by Crippen LogP contribution is -2.30. The van der Waals surface area contributed by atoms with Gasteiger partial charge in [0.15, 0.2) is 0 Å². The number of nitrogens with zero attached hydrogens (tertiary/aromatic N) is 1. The van der Waals surface area contributed by atoms with Crippen molar-refractivity contribution in [1.82, 2.24) is 4.90 Å². The molecule has 0 aliphatic carbocycles. The highest BCUT2D eigenvalue weighted by Crippen LogP contribution is 2.39. The summed E-state index contributed by atoms with van der Waals surface area (Å²) < 4.78 is 11.0. The summed E-state index contributed by atoms with van der Waals surface area (Å²) in [5.41, 5.74) is 0. The fourth-order valence-electron chi connectivity index (χ4n) is 2.25. The summed E-state index contributed by atoms with van der Waals surface area (Å²) in [5.74, 6) is 5.19. The van der Waals surface area contributed by atoms with E-state index in [2.05, 4.69) is 0 Å². The summed E-state index contributed by atoms with van der Waals surface area (Å²) in [6.45, 7) is 2.66. The van der Waals surface area contributed by atoms with E-state index in [1.807, 2.05) is 36.1 Å². The molecule has 2 aromatic heterocycles. The second-order valence-electron chi connectivity index (χ2n) is 4.83. The van der Waals surface area contributed by atoms with Gasteiger partial charge in [-0.25, -0.2) is 0 Å². The monoisotopic (exact) mass is 323 g/mol. The lowest BCUT2D eigenvalue weighted by molar-refractivity contribution is -0.128. The van der Waals surface area contributed by atoms with E-state index in [9.17, 15) is 4.79 Å². The Labute approximate surface area is 132 Å². The summed E-state index contributed by atoms with van der Waals surface area (Å²) in [6.07, 6.45) is 1.69. The van der Waals surface area contributed by atoms with Gasteiger partial charge in [0.1, 0.15) is 22.7 Å². The van der Waals surface area contributed by atoms with Crippen molar-refractivity contribution in [3.63, 3.8) is 0 Å². The Morgan fingerprint density at radius 1 is 1.43 bits per heavy atom. The molecule has 1 atom stereocenters. The average molecular weight is 323 g/mol. The largest absolute Gasteiger partial charge is 0.468 e. The fraction of sp³-hybridized carbons (Fsp3) is 0.400. The summed E-state index contributed by atoms with van der Waals surface area (Å²) in [6, 6.07) is 7.78. The molecule has 3 heterocycles. The van der Waals surface area contributed by atoms with Gasteiger partial charge in [-0.2, -0.15) is 11.8 Å². The Morgan fingerprint density at radius 2 is 2.33 bits per heavy atom. The van der Waals surface area contributed by atoms with Gasteiger partial charge in [-0.3, -0.25) is 4.79 Å². The van der Waals surface area contributed by atoms with Gasteiger partial charge in [-0.05, 0) is 31.2 Å². The van der Waals surface area contributed by atoms with Gasteiger partial charge in [0.25, 0.3) is 0 Å². The molecule has 1 aliphatic rings. The van der Waals surface area contributed by atoms with E-state index in [4.69, 9.17) is 8.83 Å². The molecule has 1 saturated heterocycles. The Bertz CT molecular complexity index is 594. The van der Waals surface area contributed by atoms with Crippen molar-refractivity contribution in [3.8, 4) is 0 Å². The zero-order chi connectivity index (χ0) is 14.7. The molecule has 0 bridgehead atoms. The van der Waals surface area contributed by atoms with Crippen LogP contribution in [0.3, 0.4) is 0 Å². The van der Waals surface area contributed by atoms with E-state index in [0.717, 1.165) is 35.3 Å². The topological polar surface area (TPSA) is 46.6 Å². The van der Waals surface area contributed by atoms with Gasteiger partial charge >= 0.3 is 0 Å². The molecule has 0 spiro atoms. The Kier molecular flexibility index (Phi) is 4.65. The lowest BCUT2D eigenvalue weighted by Gasteiger charge is -2.22. The molecule has 112 valence electrons. The number of rotatable bonds is 6. The maximum Gasteiger partial charge on any atom is 0.233 e. The molecule has 3 rings (SSSR count). The number of thioether (sulfide) groups is 2.